The normalized spacial score (nSPS) is 40.3. The number of fused-ring (bicyclic) bond motifs is 2. The van der Waals surface area contributed by atoms with Crippen molar-refractivity contribution in [2.75, 3.05) is 11.9 Å². The summed E-state index contributed by atoms with van der Waals surface area (Å²) >= 11 is 0. The van der Waals surface area contributed by atoms with Crippen molar-refractivity contribution < 1.29 is 14.9 Å². The van der Waals surface area contributed by atoms with E-state index in [-0.39, 0.29) is 6.61 Å². The molecule has 4 N–H and O–H groups in total. The molecular formula is C12H14N6O3. The molecule has 4 heterocycles. The molecule has 5 unspecified atom stereocenters. The largest absolute Gasteiger partial charge is 0.388 e. The topological polar surface area (TPSA) is 127 Å². The average Bonchev–Trinajstić information content (AvgIpc) is 3.33. The second kappa shape index (κ2) is 3.89. The summed E-state index contributed by atoms with van der Waals surface area (Å²) in [6.45, 7) is 0.0960. The van der Waals surface area contributed by atoms with Crippen LogP contribution in [0.2, 0.25) is 0 Å². The maximum atomic E-state index is 9.96. The highest BCUT2D eigenvalue weighted by Crippen LogP contribution is 2.40. The Bertz CT molecular complexity index is 712. The SMILES string of the molecule is OC1COC(n2cnc3c(NC4C5NC45)ncnc32)C1O. The van der Waals surface area contributed by atoms with Gasteiger partial charge in [0, 0.05) is 12.1 Å². The molecule has 2 aromatic rings. The quantitative estimate of drug-likeness (QED) is 0.488. The molecule has 0 bridgehead atoms. The molecule has 9 heteroatoms. The Hall–Kier alpha value is -1.81. The van der Waals surface area contributed by atoms with Crippen LogP contribution in [0.1, 0.15) is 6.23 Å². The van der Waals surface area contributed by atoms with Crippen LogP contribution in [0.5, 0.6) is 0 Å². The minimum Gasteiger partial charge on any atom is -0.388 e. The van der Waals surface area contributed by atoms with Gasteiger partial charge in [0.1, 0.15) is 18.5 Å². The summed E-state index contributed by atoms with van der Waals surface area (Å²) in [5.41, 5.74) is 1.22. The van der Waals surface area contributed by atoms with Gasteiger partial charge in [-0.15, -0.1) is 0 Å². The molecule has 0 aromatic carbocycles. The predicted octanol–water partition coefficient (Wildman–Crippen LogP) is -1.79. The van der Waals surface area contributed by atoms with E-state index in [0.29, 0.717) is 35.1 Å². The molecule has 110 valence electrons. The molecule has 2 aromatic heterocycles. The third-order valence-corrected chi connectivity index (χ3v) is 4.36. The standard InChI is InChI=1S/C12H14N6O3/c19-4-1-21-12(9(4)20)18-3-15-8-10(13-2-14-11(8)18)17-7-5-6(7)16-5/h2-7,9,12,16,19-20H,1H2,(H,13,14,17). The van der Waals surface area contributed by atoms with Crippen molar-refractivity contribution in [2.45, 2.75) is 36.6 Å². The van der Waals surface area contributed by atoms with Crippen molar-refractivity contribution in [1.29, 1.82) is 0 Å². The summed E-state index contributed by atoms with van der Waals surface area (Å²) in [5, 5.41) is 26.2. The van der Waals surface area contributed by atoms with Crippen LogP contribution in [-0.2, 0) is 4.74 Å². The zero-order valence-corrected chi connectivity index (χ0v) is 10.9. The van der Waals surface area contributed by atoms with Crippen LogP contribution >= 0.6 is 0 Å². The highest BCUT2D eigenvalue weighted by molar-refractivity contribution is 5.83. The summed E-state index contributed by atoms with van der Waals surface area (Å²) in [6, 6.07) is 1.54. The van der Waals surface area contributed by atoms with Crippen LogP contribution < -0.4 is 10.6 Å². The van der Waals surface area contributed by atoms with Crippen LogP contribution in [0.3, 0.4) is 0 Å². The van der Waals surface area contributed by atoms with E-state index in [1.807, 2.05) is 0 Å². The summed E-state index contributed by atoms with van der Waals surface area (Å²) in [6.07, 6.45) is 0.457. The Morgan fingerprint density at radius 2 is 2.14 bits per heavy atom. The number of rotatable bonds is 3. The van der Waals surface area contributed by atoms with Crippen molar-refractivity contribution >= 4 is 17.0 Å². The van der Waals surface area contributed by atoms with Gasteiger partial charge in [0.25, 0.3) is 0 Å². The minimum atomic E-state index is -0.992. The van der Waals surface area contributed by atoms with Crippen LogP contribution in [0.15, 0.2) is 12.7 Å². The number of aliphatic hydroxyl groups excluding tert-OH is 2. The van der Waals surface area contributed by atoms with E-state index in [1.165, 1.54) is 6.33 Å². The van der Waals surface area contributed by atoms with Crippen LogP contribution in [0.25, 0.3) is 11.2 Å². The van der Waals surface area contributed by atoms with Crippen molar-refractivity contribution in [2.24, 2.45) is 0 Å². The van der Waals surface area contributed by atoms with Crippen molar-refractivity contribution in [3.05, 3.63) is 12.7 Å². The zero-order chi connectivity index (χ0) is 14.1. The van der Waals surface area contributed by atoms with Gasteiger partial charge in [0.05, 0.1) is 19.0 Å². The lowest BCUT2D eigenvalue weighted by Gasteiger charge is -2.16. The van der Waals surface area contributed by atoms with Crippen LogP contribution in [-0.4, -0.2) is 66.7 Å². The summed E-state index contributed by atoms with van der Waals surface area (Å²) in [5.74, 6) is 0.686. The van der Waals surface area contributed by atoms with Crippen LogP contribution in [0, 0.1) is 0 Å². The molecule has 1 aliphatic carbocycles. The minimum absolute atomic E-state index is 0.0960. The number of imidazole rings is 1. The molecule has 3 fully saturated rings. The predicted molar refractivity (Wildman–Crippen MR) is 70.4 cm³/mol. The first-order valence-corrected chi connectivity index (χ1v) is 6.92. The van der Waals surface area contributed by atoms with Gasteiger partial charge in [0.15, 0.2) is 23.2 Å². The molecule has 0 spiro atoms. The average molecular weight is 290 g/mol. The van der Waals surface area contributed by atoms with E-state index in [0.717, 1.165) is 0 Å². The zero-order valence-electron chi connectivity index (χ0n) is 10.9. The molecule has 2 aliphatic heterocycles. The first kappa shape index (κ1) is 11.8. The lowest BCUT2D eigenvalue weighted by Crippen LogP contribution is -2.28. The number of ether oxygens (including phenoxy) is 1. The number of hydrogen-bond donors (Lipinski definition) is 4. The summed E-state index contributed by atoms with van der Waals surface area (Å²) in [7, 11) is 0. The van der Waals surface area contributed by atoms with E-state index < -0.39 is 18.4 Å². The number of nitrogens with one attached hydrogen (secondary N) is 2. The number of hydrogen-bond acceptors (Lipinski definition) is 8. The van der Waals surface area contributed by atoms with Gasteiger partial charge in [-0.2, -0.15) is 0 Å². The highest BCUT2D eigenvalue weighted by Gasteiger charge is 2.65. The summed E-state index contributed by atoms with van der Waals surface area (Å²) in [4.78, 5) is 12.8. The Morgan fingerprint density at radius 1 is 1.29 bits per heavy atom. The third-order valence-electron chi connectivity index (χ3n) is 4.36. The van der Waals surface area contributed by atoms with E-state index >= 15 is 0 Å². The van der Waals surface area contributed by atoms with Crippen molar-refractivity contribution in [1.82, 2.24) is 24.8 Å². The van der Waals surface area contributed by atoms with Gasteiger partial charge in [0.2, 0.25) is 0 Å². The fourth-order valence-electron chi connectivity index (χ4n) is 2.88. The Kier molecular flexibility index (Phi) is 2.19. The Morgan fingerprint density at radius 3 is 2.81 bits per heavy atom. The highest BCUT2D eigenvalue weighted by atomic mass is 16.5. The lowest BCUT2D eigenvalue weighted by atomic mass is 10.2. The summed E-state index contributed by atoms with van der Waals surface area (Å²) < 4.78 is 7.05. The van der Waals surface area contributed by atoms with E-state index in [2.05, 4.69) is 25.6 Å². The van der Waals surface area contributed by atoms with Gasteiger partial charge >= 0.3 is 0 Å². The van der Waals surface area contributed by atoms with E-state index in [9.17, 15) is 10.2 Å². The molecule has 5 rings (SSSR count). The number of aliphatic hydroxyl groups is 2. The molecule has 2 saturated heterocycles. The number of nitrogens with zero attached hydrogens (tertiary/aromatic N) is 4. The van der Waals surface area contributed by atoms with Crippen molar-refractivity contribution in [3.63, 3.8) is 0 Å². The molecule has 21 heavy (non-hydrogen) atoms. The Balaban J connectivity index is 1.51. The third kappa shape index (κ3) is 1.62. The monoisotopic (exact) mass is 290 g/mol. The van der Waals surface area contributed by atoms with Gasteiger partial charge in [-0.1, -0.05) is 0 Å². The maximum Gasteiger partial charge on any atom is 0.167 e. The van der Waals surface area contributed by atoms with E-state index in [4.69, 9.17) is 4.74 Å². The first-order valence-electron chi connectivity index (χ1n) is 6.92. The second-order valence-corrected chi connectivity index (χ2v) is 5.72. The van der Waals surface area contributed by atoms with Gasteiger partial charge in [-0.05, 0) is 0 Å². The maximum absolute atomic E-state index is 9.96. The lowest BCUT2D eigenvalue weighted by molar-refractivity contribution is -0.0162. The number of aromatic nitrogens is 4. The fraction of sp³-hybridized carbons (Fsp3) is 0.583. The Labute approximate surface area is 119 Å². The number of anilines is 1. The molecule has 3 aliphatic rings. The molecule has 5 atom stereocenters. The van der Waals surface area contributed by atoms with Crippen LogP contribution in [0.4, 0.5) is 5.82 Å². The second-order valence-electron chi connectivity index (χ2n) is 5.72. The van der Waals surface area contributed by atoms with Gasteiger partial charge in [-0.3, -0.25) is 4.57 Å². The first-order chi connectivity index (χ1) is 10.2. The van der Waals surface area contributed by atoms with Crippen molar-refractivity contribution in [3.8, 4) is 0 Å². The molecule has 1 saturated carbocycles. The smallest absolute Gasteiger partial charge is 0.167 e. The van der Waals surface area contributed by atoms with Gasteiger partial charge in [-0.25, -0.2) is 15.0 Å². The molecule has 0 amide bonds. The van der Waals surface area contributed by atoms with E-state index in [1.54, 1.807) is 10.9 Å². The molecular weight excluding hydrogens is 276 g/mol. The molecule has 9 nitrogen and oxygen atoms in total. The fourth-order valence-corrected chi connectivity index (χ4v) is 2.88. The van der Waals surface area contributed by atoms with Gasteiger partial charge < -0.3 is 25.6 Å². The molecule has 0 radical (unpaired) electrons.